The molecule has 4 rings (SSSR count). The first-order chi connectivity index (χ1) is 17.6. The molecule has 2 heterocycles. The van der Waals surface area contributed by atoms with E-state index in [1.807, 2.05) is 0 Å². The van der Waals surface area contributed by atoms with Crippen molar-refractivity contribution in [2.75, 3.05) is 21.3 Å². The van der Waals surface area contributed by atoms with E-state index >= 15 is 0 Å². The molecule has 0 aliphatic carbocycles. The monoisotopic (exact) mass is 520 g/mol. The Labute approximate surface area is 208 Å². The SMILES string of the molecule is COC(=O)[C@H]1O[C@H](Oc2cc3oc(-c4ccc(OC)c(O)c4)cc(=O)c3c(O)c2OC)[C@H](O)[C@H](O)[C@@H]1O. The molecule has 13 nitrogen and oxygen atoms in total. The van der Waals surface area contributed by atoms with Gasteiger partial charge in [-0.3, -0.25) is 4.79 Å². The number of aromatic hydroxyl groups is 2. The Kier molecular flexibility index (Phi) is 7.14. The Morgan fingerprint density at radius 3 is 2.27 bits per heavy atom. The van der Waals surface area contributed by atoms with Crippen LogP contribution in [-0.4, -0.2) is 83.5 Å². The van der Waals surface area contributed by atoms with Crippen molar-refractivity contribution in [2.45, 2.75) is 30.7 Å². The molecule has 1 fully saturated rings. The minimum Gasteiger partial charge on any atom is -0.504 e. The van der Waals surface area contributed by atoms with Gasteiger partial charge < -0.3 is 53.6 Å². The van der Waals surface area contributed by atoms with Crippen molar-refractivity contribution in [3.8, 4) is 40.1 Å². The quantitative estimate of drug-likeness (QED) is 0.278. The van der Waals surface area contributed by atoms with E-state index in [9.17, 15) is 35.1 Å². The van der Waals surface area contributed by atoms with E-state index in [0.29, 0.717) is 5.56 Å². The fraction of sp³-hybridized carbons (Fsp3) is 0.333. The maximum atomic E-state index is 12.9. The number of phenols is 2. The molecule has 198 valence electrons. The summed E-state index contributed by atoms with van der Waals surface area (Å²) >= 11 is 0. The summed E-state index contributed by atoms with van der Waals surface area (Å²) in [6, 6.07) is 6.60. The van der Waals surface area contributed by atoms with E-state index in [4.69, 9.17) is 23.4 Å². The molecule has 1 aliphatic heterocycles. The summed E-state index contributed by atoms with van der Waals surface area (Å²) in [5.74, 6) is -2.27. The number of phenolic OH excluding ortho intramolecular Hbond substituents is 2. The predicted octanol–water partition coefficient (Wildman–Crippen LogP) is 0.248. The van der Waals surface area contributed by atoms with Gasteiger partial charge in [0, 0.05) is 17.7 Å². The van der Waals surface area contributed by atoms with Gasteiger partial charge in [-0.25, -0.2) is 4.79 Å². The first-order valence-corrected chi connectivity index (χ1v) is 10.8. The van der Waals surface area contributed by atoms with E-state index in [1.165, 1.54) is 38.5 Å². The number of aliphatic hydroxyl groups excluding tert-OH is 3. The van der Waals surface area contributed by atoms with Gasteiger partial charge in [0.15, 0.2) is 34.5 Å². The molecule has 0 radical (unpaired) electrons. The molecule has 0 unspecified atom stereocenters. The number of esters is 1. The highest BCUT2D eigenvalue weighted by molar-refractivity contribution is 5.89. The first kappa shape index (κ1) is 26.0. The van der Waals surface area contributed by atoms with Gasteiger partial charge in [-0.2, -0.15) is 0 Å². The third kappa shape index (κ3) is 4.60. The van der Waals surface area contributed by atoms with Crippen molar-refractivity contribution >= 4 is 16.9 Å². The molecular formula is C24H24O13. The third-order valence-corrected chi connectivity index (χ3v) is 5.83. The molecule has 1 aliphatic rings. The lowest BCUT2D eigenvalue weighted by Gasteiger charge is -2.38. The Morgan fingerprint density at radius 1 is 0.919 bits per heavy atom. The van der Waals surface area contributed by atoms with E-state index in [1.54, 1.807) is 0 Å². The van der Waals surface area contributed by atoms with Crippen LogP contribution in [0.15, 0.2) is 39.5 Å². The lowest BCUT2D eigenvalue weighted by Crippen LogP contribution is -2.61. The molecule has 3 aromatic rings. The number of methoxy groups -OCH3 is 3. The highest BCUT2D eigenvalue weighted by Crippen LogP contribution is 2.43. The molecule has 37 heavy (non-hydrogen) atoms. The Balaban J connectivity index is 1.79. The fourth-order valence-electron chi connectivity index (χ4n) is 3.91. The summed E-state index contributed by atoms with van der Waals surface area (Å²) in [5, 5.41) is 51.2. The minimum absolute atomic E-state index is 0.0317. The summed E-state index contributed by atoms with van der Waals surface area (Å²) in [5.41, 5.74) is -0.493. The number of ether oxygens (including phenoxy) is 5. The van der Waals surface area contributed by atoms with Crippen LogP contribution in [0.25, 0.3) is 22.3 Å². The third-order valence-electron chi connectivity index (χ3n) is 5.83. The van der Waals surface area contributed by atoms with Crippen LogP contribution in [0.5, 0.6) is 28.7 Å². The molecule has 2 aromatic carbocycles. The van der Waals surface area contributed by atoms with Crippen LogP contribution in [-0.2, 0) is 14.3 Å². The molecule has 0 bridgehead atoms. The largest absolute Gasteiger partial charge is 0.504 e. The summed E-state index contributed by atoms with van der Waals surface area (Å²) in [6.07, 6.45) is -8.92. The second kappa shape index (κ2) is 10.1. The summed E-state index contributed by atoms with van der Waals surface area (Å²) < 4.78 is 31.4. The summed E-state index contributed by atoms with van der Waals surface area (Å²) in [4.78, 5) is 24.8. The van der Waals surface area contributed by atoms with Crippen molar-refractivity contribution in [1.29, 1.82) is 0 Å². The van der Waals surface area contributed by atoms with Crippen molar-refractivity contribution in [3.63, 3.8) is 0 Å². The van der Waals surface area contributed by atoms with E-state index in [2.05, 4.69) is 4.74 Å². The molecule has 13 heteroatoms. The number of benzene rings is 2. The number of carbonyl (C=O) groups excluding carboxylic acids is 1. The van der Waals surface area contributed by atoms with Crippen molar-refractivity contribution < 1.29 is 58.4 Å². The van der Waals surface area contributed by atoms with Gasteiger partial charge in [0.05, 0.1) is 21.3 Å². The molecule has 5 N–H and O–H groups in total. The lowest BCUT2D eigenvalue weighted by molar-refractivity contribution is -0.272. The van der Waals surface area contributed by atoms with Crippen LogP contribution >= 0.6 is 0 Å². The number of carbonyl (C=O) groups is 1. The van der Waals surface area contributed by atoms with Crippen molar-refractivity contribution in [1.82, 2.24) is 0 Å². The summed E-state index contributed by atoms with van der Waals surface area (Å²) in [6.45, 7) is 0. The van der Waals surface area contributed by atoms with E-state index in [0.717, 1.165) is 13.2 Å². The smallest absolute Gasteiger partial charge is 0.337 e. The normalized spacial score (nSPS) is 23.5. The molecule has 0 spiro atoms. The Hall–Kier alpha value is -4.04. The number of hydrogen-bond donors (Lipinski definition) is 5. The van der Waals surface area contributed by atoms with Crippen LogP contribution in [0.1, 0.15) is 0 Å². The zero-order chi connectivity index (χ0) is 27.0. The minimum atomic E-state index is -1.85. The van der Waals surface area contributed by atoms with Gasteiger partial charge in [-0.15, -0.1) is 0 Å². The average Bonchev–Trinajstić information content (AvgIpc) is 2.88. The molecule has 1 aromatic heterocycles. The fourth-order valence-corrected chi connectivity index (χ4v) is 3.91. The van der Waals surface area contributed by atoms with Crippen LogP contribution < -0.4 is 19.6 Å². The second-order valence-corrected chi connectivity index (χ2v) is 8.03. The van der Waals surface area contributed by atoms with Gasteiger partial charge in [0.1, 0.15) is 35.0 Å². The Morgan fingerprint density at radius 2 is 1.65 bits per heavy atom. The van der Waals surface area contributed by atoms with Gasteiger partial charge in [0.2, 0.25) is 12.0 Å². The predicted molar refractivity (Wildman–Crippen MR) is 124 cm³/mol. The topological polar surface area (TPSA) is 195 Å². The van der Waals surface area contributed by atoms with Crippen LogP contribution in [0.4, 0.5) is 0 Å². The highest BCUT2D eigenvalue weighted by Gasteiger charge is 2.48. The second-order valence-electron chi connectivity index (χ2n) is 8.03. The van der Waals surface area contributed by atoms with Gasteiger partial charge >= 0.3 is 5.97 Å². The average molecular weight is 520 g/mol. The maximum Gasteiger partial charge on any atom is 0.337 e. The van der Waals surface area contributed by atoms with Crippen LogP contribution in [0.3, 0.4) is 0 Å². The number of aliphatic hydroxyl groups is 3. The number of hydrogen-bond acceptors (Lipinski definition) is 13. The van der Waals surface area contributed by atoms with Crippen LogP contribution in [0, 0.1) is 0 Å². The zero-order valence-corrected chi connectivity index (χ0v) is 19.8. The highest BCUT2D eigenvalue weighted by atomic mass is 16.7. The zero-order valence-electron chi connectivity index (χ0n) is 19.8. The molecule has 5 atom stereocenters. The molecule has 1 saturated heterocycles. The first-order valence-electron chi connectivity index (χ1n) is 10.8. The lowest BCUT2D eigenvalue weighted by atomic mass is 9.99. The van der Waals surface area contributed by atoms with E-state index < -0.39 is 47.9 Å². The van der Waals surface area contributed by atoms with Crippen LogP contribution in [0.2, 0.25) is 0 Å². The van der Waals surface area contributed by atoms with Crippen molar-refractivity contribution in [2.24, 2.45) is 0 Å². The molecule has 0 amide bonds. The summed E-state index contributed by atoms with van der Waals surface area (Å²) in [7, 11) is 3.60. The number of fused-ring (bicyclic) bond motifs is 1. The maximum absolute atomic E-state index is 12.9. The van der Waals surface area contributed by atoms with Crippen molar-refractivity contribution in [3.05, 3.63) is 40.6 Å². The Bertz CT molecular complexity index is 1380. The number of rotatable bonds is 6. The van der Waals surface area contributed by atoms with Gasteiger partial charge in [-0.05, 0) is 18.2 Å². The molecule has 0 saturated carbocycles. The standard InChI is InChI=1S/C24H24O13/c1-32-12-5-4-9(6-10(12)25)13-7-11(26)16-14(35-13)8-15(21(33-2)17(16)27)36-24-20(30)18(28)19(29)22(37-24)23(31)34-3/h4-8,18-20,22,24-25,27-30H,1-3H3/t18-,19+,20-,22+,24+/m1/s1. The van der Waals surface area contributed by atoms with E-state index in [-0.39, 0.29) is 39.7 Å². The van der Waals surface area contributed by atoms with Gasteiger partial charge in [-0.1, -0.05) is 0 Å². The molecular weight excluding hydrogens is 496 g/mol. The van der Waals surface area contributed by atoms with Gasteiger partial charge in [0.25, 0.3) is 0 Å².